The summed E-state index contributed by atoms with van der Waals surface area (Å²) in [5.74, 6) is 0. The molecule has 1 rings (SSSR count). The number of aromatic nitrogens is 1. The maximum Gasteiger partial charge on any atom is 0.109 e. The number of nitrogens with zero attached hydrogens (tertiary/aromatic N) is 1. The lowest BCUT2D eigenvalue weighted by atomic mass is 10.2. The number of nitrogens with one attached hydrogen (secondary N) is 1. The van der Waals surface area contributed by atoms with Gasteiger partial charge in [0.05, 0.1) is 6.04 Å². The van der Waals surface area contributed by atoms with Gasteiger partial charge >= 0.3 is 0 Å². The lowest BCUT2D eigenvalue weighted by Crippen LogP contribution is -2.21. The molecule has 0 aliphatic carbocycles. The van der Waals surface area contributed by atoms with Gasteiger partial charge in [0.25, 0.3) is 0 Å². The number of rotatable bonds is 6. The van der Waals surface area contributed by atoms with Gasteiger partial charge in [0.15, 0.2) is 0 Å². The molecule has 1 N–H and O–H groups in total. The topological polar surface area (TPSA) is 24.9 Å². The van der Waals surface area contributed by atoms with Crippen molar-refractivity contribution in [3.05, 3.63) is 29.2 Å². The van der Waals surface area contributed by atoms with Gasteiger partial charge in [0.1, 0.15) is 5.01 Å². The van der Waals surface area contributed by atoms with Crippen molar-refractivity contribution in [1.29, 1.82) is 0 Å². The van der Waals surface area contributed by atoms with Gasteiger partial charge in [0, 0.05) is 11.6 Å². The highest BCUT2D eigenvalue weighted by Crippen LogP contribution is 2.18. The smallest absolute Gasteiger partial charge is 0.109 e. The first kappa shape index (κ1) is 10.4. The number of hydrogen-bond donors (Lipinski definition) is 1. The molecule has 0 bridgehead atoms. The predicted octanol–water partition coefficient (Wildman–Crippen LogP) is 2.76. The molecule has 1 unspecified atom stereocenters. The Hall–Kier alpha value is -0.670. The van der Waals surface area contributed by atoms with Crippen LogP contribution in [0.4, 0.5) is 0 Å². The van der Waals surface area contributed by atoms with Gasteiger partial charge in [-0.1, -0.05) is 13.0 Å². The van der Waals surface area contributed by atoms with Gasteiger partial charge in [-0.15, -0.1) is 17.9 Å². The van der Waals surface area contributed by atoms with Crippen LogP contribution in [0.3, 0.4) is 0 Å². The van der Waals surface area contributed by atoms with E-state index in [1.54, 1.807) is 11.3 Å². The van der Waals surface area contributed by atoms with Crippen LogP contribution in [0, 0.1) is 0 Å². The molecule has 0 aromatic carbocycles. The van der Waals surface area contributed by atoms with Crippen LogP contribution in [0.15, 0.2) is 24.2 Å². The fraction of sp³-hybridized carbons (Fsp3) is 0.500. The van der Waals surface area contributed by atoms with Crippen LogP contribution in [-0.4, -0.2) is 11.5 Å². The van der Waals surface area contributed by atoms with E-state index in [9.17, 15) is 0 Å². The van der Waals surface area contributed by atoms with Gasteiger partial charge in [-0.2, -0.15) is 0 Å². The van der Waals surface area contributed by atoms with E-state index >= 15 is 0 Å². The molecule has 3 heteroatoms. The summed E-state index contributed by atoms with van der Waals surface area (Å²) in [4.78, 5) is 4.30. The minimum Gasteiger partial charge on any atom is -0.308 e. The number of thiazole rings is 1. The van der Waals surface area contributed by atoms with E-state index in [0.29, 0.717) is 6.04 Å². The fourth-order valence-electron chi connectivity index (χ4n) is 1.17. The minimum atomic E-state index is 0.417. The molecule has 0 spiro atoms. The Balaban J connectivity index is 2.39. The predicted molar refractivity (Wildman–Crippen MR) is 58.0 cm³/mol. The highest BCUT2D eigenvalue weighted by molar-refractivity contribution is 7.09. The molecule has 1 aromatic rings. The third-order valence-corrected chi connectivity index (χ3v) is 2.79. The first-order valence-corrected chi connectivity index (χ1v) is 5.50. The van der Waals surface area contributed by atoms with E-state index in [1.807, 2.05) is 17.7 Å². The fourth-order valence-corrected chi connectivity index (χ4v) is 1.97. The Labute approximate surface area is 83.7 Å². The van der Waals surface area contributed by atoms with Gasteiger partial charge in [-0.3, -0.25) is 0 Å². The zero-order valence-corrected chi connectivity index (χ0v) is 8.81. The maximum absolute atomic E-state index is 4.30. The van der Waals surface area contributed by atoms with Crippen molar-refractivity contribution in [3.63, 3.8) is 0 Å². The summed E-state index contributed by atoms with van der Waals surface area (Å²) in [6.07, 6.45) is 5.89. The van der Waals surface area contributed by atoms with Crippen molar-refractivity contribution in [3.8, 4) is 0 Å². The van der Waals surface area contributed by atoms with Gasteiger partial charge < -0.3 is 5.32 Å². The Kier molecular flexibility index (Phi) is 4.72. The summed E-state index contributed by atoms with van der Waals surface area (Å²) in [6.45, 7) is 6.85. The SMILES string of the molecule is C=CCCNC(CC)c1nccs1. The molecular weight excluding hydrogens is 180 g/mol. The molecule has 0 radical (unpaired) electrons. The molecule has 0 amide bonds. The van der Waals surface area contributed by atoms with Crippen LogP contribution in [0.5, 0.6) is 0 Å². The Morgan fingerprint density at radius 3 is 3.15 bits per heavy atom. The molecule has 0 saturated carbocycles. The lowest BCUT2D eigenvalue weighted by molar-refractivity contribution is 0.523. The third-order valence-electron chi connectivity index (χ3n) is 1.90. The molecule has 1 aromatic heterocycles. The van der Waals surface area contributed by atoms with Crippen LogP contribution >= 0.6 is 11.3 Å². The molecule has 1 heterocycles. The van der Waals surface area contributed by atoms with Crippen molar-refractivity contribution in [1.82, 2.24) is 10.3 Å². The second-order valence-electron chi connectivity index (χ2n) is 2.86. The molecule has 0 aliphatic heterocycles. The number of hydrogen-bond acceptors (Lipinski definition) is 3. The van der Waals surface area contributed by atoms with Crippen molar-refractivity contribution < 1.29 is 0 Å². The minimum absolute atomic E-state index is 0.417. The van der Waals surface area contributed by atoms with E-state index in [4.69, 9.17) is 0 Å². The highest BCUT2D eigenvalue weighted by atomic mass is 32.1. The van der Waals surface area contributed by atoms with Crippen LogP contribution in [0.2, 0.25) is 0 Å². The Bertz CT molecular complexity index is 231. The first-order chi connectivity index (χ1) is 6.38. The zero-order valence-electron chi connectivity index (χ0n) is 7.99. The molecule has 0 aliphatic rings. The molecule has 0 saturated heterocycles. The van der Waals surface area contributed by atoms with E-state index in [0.717, 1.165) is 19.4 Å². The quantitative estimate of drug-likeness (QED) is 0.559. The van der Waals surface area contributed by atoms with Gasteiger partial charge in [-0.05, 0) is 19.4 Å². The van der Waals surface area contributed by atoms with Crippen molar-refractivity contribution in [2.75, 3.05) is 6.54 Å². The molecule has 1 atom stereocenters. The Morgan fingerprint density at radius 1 is 1.77 bits per heavy atom. The van der Waals surface area contributed by atoms with E-state index in [1.165, 1.54) is 5.01 Å². The van der Waals surface area contributed by atoms with E-state index < -0.39 is 0 Å². The van der Waals surface area contributed by atoms with Crippen molar-refractivity contribution in [2.24, 2.45) is 0 Å². The Morgan fingerprint density at radius 2 is 2.62 bits per heavy atom. The summed E-state index contributed by atoms with van der Waals surface area (Å²) in [7, 11) is 0. The molecular formula is C10H16N2S. The van der Waals surface area contributed by atoms with Crippen LogP contribution in [0.1, 0.15) is 30.8 Å². The standard InChI is InChI=1S/C10H16N2S/c1-3-5-6-11-9(4-2)10-12-7-8-13-10/h3,7-9,11H,1,4-6H2,2H3. The molecule has 2 nitrogen and oxygen atoms in total. The normalized spacial score (nSPS) is 12.7. The first-order valence-electron chi connectivity index (χ1n) is 4.62. The van der Waals surface area contributed by atoms with Crippen LogP contribution in [0.25, 0.3) is 0 Å². The van der Waals surface area contributed by atoms with Gasteiger partial charge in [-0.25, -0.2) is 4.98 Å². The lowest BCUT2D eigenvalue weighted by Gasteiger charge is -2.12. The highest BCUT2D eigenvalue weighted by Gasteiger charge is 2.09. The average molecular weight is 196 g/mol. The molecule has 72 valence electrons. The van der Waals surface area contributed by atoms with Gasteiger partial charge in [0.2, 0.25) is 0 Å². The largest absolute Gasteiger partial charge is 0.308 e. The molecule has 0 fully saturated rings. The third kappa shape index (κ3) is 3.28. The zero-order chi connectivity index (χ0) is 9.52. The van der Waals surface area contributed by atoms with E-state index in [2.05, 4.69) is 23.8 Å². The summed E-state index contributed by atoms with van der Waals surface area (Å²) >= 11 is 1.71. The maximum atomic E-state index is 4.30. The van der Waals surface area contributed by atoms with Crippen molar-refractivity contribution in [2.45, 2.75) is 25.8 Å². The van der Waals surface area contributed by atoms with Crippen LogP contribution < -0.4 is 5.32 Å². The second kappa shape index (κ2) is 5.89. The van der Waals surface area contributed by atoms with Crippen LogP contribution in [-0.2, 0) is 0 Å². The summed E-state index contributed by atoms with van der Waals surface area (Å²) in [6, 6.07) is 0.417. The summed E-state index contributed by atoms with van der Waals surface area (Å²) in [5.41, 5.74) is 0. The van der Waals surface area contributed by atoms with E-state index in [-0.39, 0.29) is 0 Å². The monoisotopic (exact) mass is 196 g/mol. The average Bonchev–Trinajstić information content (AvgIpc) is 2.65. The second-order valence-corrected chi connectivity index (χ2v) is 3.79. The van der Waals surface area contributed by atoms with Crippen molar-refractivity contribution >= 4 is 11.3 Å². The summed E-state index contributed by atoms with van der Waals surface area (Å²) in [5, 5.41) is 6.66. The molecule has 13 heavy (non-hydrogen) atoms. The summed E-state index contributed by atoms with van der Waals surface area (Å²) < 4.78 is 0.